The minimum atomic E-state index is -0.322. The van der Waals surface area contributed by atoms with Crippen molar-refractivity contribution in [3.63, 3.8) is 0 Å². The van der Waals surface area contributed by atoms with Crippen LogP contribution in [0.5, 0.6) is 0 Å². The van der Waals surface area contributed by atoms with Crippen LogP contribution in [0.2, 0.25) is 0 Å². The molecule has 1 aromatic carbocycles. The van der Waals surface area contributed by atoms with Crippen molar-refractivity contribution in [3.8, 4) is 0 Å². The van der Waals surface area contributed by atoms with Crippen LogP contribution in [0.1, 0.15) is 33.3 Å². The molecular formula is C15H14N2O2. The molecule has 1 N–H and O–H groups in total. The summed E-state index contributed by atoms with van der Waals surface area (Å²) in [7, 11) is 0. The summed E-state index contributed by atoms with van der Waals surface area (Å²) in [5.74, 6) is -0.322. The first-order valence-electron chi connectivity index (χ1n) is 6.05. The Morgan fingerprint density at radius 1 is 1.26 bits per heavy atom. The third-order valence-electron chi connectivity index (χ3n) is 2.80. The zero-order valence-electron chi connectivity index (χ0n) is 10.6. The van der Waals surface area contributed by atoms with Gasteiger partial charge in [-0.25, -0.2) is 0 Å². The van der Waals surface area contributed by atoms with Gasteiger partial charge in [0, 0.05) is 11.8 Å². The first-order chi connectivity index (χ1) is 9.24. The van der Waals surface area contributed by atoms with Crippen LogP contribution < -0.4 is 5.32 Å². The maximum atomic E-state index is 12.0. The third kappa shape index (κ3) is 3.04. The molecular weight excluding hydrogens is 240 g/mol. The van der Waals surface area contributed by atoms with Gasteiger partial charge in [0.05, 0.1) is 5.69 Å². The molecule has 4 nitrogen and oxygen atoms in total. The molecule has 0 atom stereocenters. The molecule has 0 radical (unpaired) electrons. The number of amides is 1. The third-order valence-corrected chi connectivity index (χ3v) is 2.80. The Labute approximate surface area is 111 Å². The minimum absolute atomic E-state index is 0.322. The van der Waals surface area contributed by atoms with Crippen LogP contribution in [0.25, 0.3) is 0 Å². The standard InChI is InChI=1S/C15H14N2O2/c1-2-11-7-8-14(16-9-11)15(19)17-13-6-4-3-5-12(13)10-18/h3-10H,2H2,1H3,(H,17,19). The average molecular weight is 254 g/mol. The van der Waals surface area contributed by atoms with E-state index in [1.807, 2.05) is 13.0 Å². The maximum Gasteiger partial charge on any atom is 0.274 e. The Kier molecular flexibility index (Phi) is 4.03. The van der Waals surface area contributed by atoms with Crippen LogP contribution in [-0.4, -0.2) is 17.2 Å². The number of rotatable bonds is 4. The predicted molar refractivity (Wildman–Crippen MR) is 73.4 cm³/mol. The van der Waals surface area contributed by atoms with E-state index in [-0.39, 0.29) is 5.91 Å². The highest BCUT2D eigenvalue weighted by Gasteiger charge is 2.09. The molecule has 0 bridgehead atoms. The lowest BCUT2D eigenvalue weighted by atomic mass is 10.2. The van der Waals surface area contributed by atoms with Gasteiger partial charge in [-0.1, -0.05) is 25.1 Å². The number of para-hydroxylation sites is 1. The number of hydrogen-bond acceptors (Lipinski definition) is 3. The van der Waals surface area contributed by atoms with Gasteiger partial charge in [0.25, 0.3) is 5.91 Å². The van der Waals surface area contributed by atoms with E-state index in [4.69, 9.17) is 0 Å². The lowest BCUT2D eigenvalue weighted by Crippen LogP contribution is -2.14. The van der Waals surface area contributed by atoms with Gasteiger partial charge in [-0.15, -0.1) is 0 Å². The summed E-state index contributed by atoms with van der Waals surface area (Å²) in [6, 6.07) is 10.4. The van der Waals surface area contributed by atoms with E-state index in [2.05, 4.69) is 10.3 Å². The number of aromatic nitrogens is 1. The number of carbonyl (C=O) groups is 2. The van der Waals surface area contributed by atoms with Crippen LogP contribution >= 0.6 is 0 Å². The summed E-state index contributed by atoms with van der Waals surface area (Å²) >= 11 is 0. The quantitative estimate of drug-likeness (QED) is 0.853. The fraction of sp³-hybridized carbons (Fsp3) is 0.133. The maximum absolute atomic E-state index is 12.0. The van der Waals surface area contributed by atoms with Gasteiger partial charge in [-0.3, -0.25) is 14.6 Å². The molecule has 2 aromatic rings. The monoisotopic (exact) mass is 254 g/mol. The number of nitrogens with one attached hydrogen (secondary N) is 1. The highest BCUT2D eigenvalue weighted by atomic mass is 16.2. The van der Waals surface area contributed by atoms with E-state index in [9.17, 15) is 9.59 Å². The summed E-state index contributed by atoms with van der Waals surface area (Å²) in [5.41, 5.74) is 2.34. The number of aryl methyl sites for hydroxylation is 1. The lowest BCUT2D eigenvalue weighted by Gasteiger charge is -2.07. The molecule has 4 heteroatoms. The molecule has 0 fully saturated rings. The zero-order valence-corrected chi connectivity index (χ0v) is 10.6. The summed E-state index contributed by atoms with van der Waals surface area (Å²) < 4.78 is 0. The Hall–Kier alpha value is -2.49. The van der Waals surface area contributed by atoms with Crippen molar-refractivity contribution in [2.24, 2.45) is 0 Å². The van der Waals surface area contributed by atoms with Gasteiger partial charge in [-0.05, 0) is 30.2 Å². The fourth-order valence-corrected chi connectivity index (χ4v) is 1.67. The molecule has 96 valence electrons. The van der Waals surface area contributed by atoms with Crippen LogP contribution in [0.4, 0.5) is 5.69 Å². The first kappa shape index (κ1) is 13.0. The molecule has 0 saturated carbocycles. The lowest BCUT2D eigenvalue weighted by molar-refractivity contribution is 0.102. The largest absolute Gasteiger partial charge is 0.320 e. The van der Waals surface area contributed by atoms with Crippen molar-refractivity contribution < 1.29 is 9.59 Å². The Balaban J connectivity index is 2.18. The topological polar surface area (TPSA) is 59.1 Å². The molecule has 1 amide bonds. The number of nitrogens with zero attached hydrogens (tertiary/aromatic N) is 1. The highest BCUT2D eigenvalue weighted by Crippen LogP contribution is 2.13. The van der Waals surface area contributed by atoms with Crippen LogP contribution in [-0.2, 0) is 6.42 Å². The molecule has 0 unspecified atom stereocenters. The minimum Gasteiger partial charge on any atom is -0.320 e. The van der Waals surface area contributed by atoms with Crippen molar-refractivity contribution in [3.05, 3.63) is 59.4 Å². The van der Waals surface area contributed by atoms with E-state index in [0.29, 0.717) is 23.2 Å². The molecule has 1 aromatic heterocycles. The van der Waals surface area contributed by atoms with Gasteiger partial charge in [-0.2, -0.15) is 0 Å². The molecule has 1 heterocycles. The fourth-order valence-electron chi connectivity index (χ4n) is 1.67. The van der Waals surface area contributed by atoms with Gasteiger partial charge in [0.15, 0.2) is 6.29 Å². The summed E-state index contributed by atoms with van der Waals surface area (Å²) in [5, 5.41) is 2.68. The molecule has 0 aliphatic heterocycles. The molecule has 2 rings (SSSR count). The molecule has 0 aliphatic carbocycles. The van der Waals surface area contributed by atoms with Crippen molar-refractivity contribution in [1.29, 1.82) is 0 Å². The van der Waals surface area contributed by atoms with Gasteiger partial charge < -0.3 is 5.32 Å². The Morgan fingerprint density at radius 3 is 2.68 bits per heavy atom. The number of aldehydes is 1. The molecule has 0 aliphatic rings. The highest BCUT2D eigenvalue weighted by molar-refractivity contribution is 6.05. The SMILES string of the molecule is CCc1ccc(C(=O)Nc2ccccc2C=O)nc1. The second-order valence-corrected chi connectivity index (χ2v) is 4.06. The molecule has 0 spiro atoms. The summed E-state index contributed by atoms with van der Waals surface area (Å²) in [6.45, 7) is 2.02. The number of pyridine rings is 1. The van der Waals surface area contributed by atoms with Crippen LogP contribution in [0, 0.1) is 0 Å². The average Bonchev–Trinajstić information content (AvgIpc) is 2.48. The van der Waals surface area contributed by atoms with Gasteiger partial charge in [0.2, 0.25) is 0 Å². The van der Waals surface area contributed by atoms with Crippen LogP contribution in [0.3, 0.4) is 0 Å². The number of hydrogen-bond donors (Lipinski definition) is 1. The second kappa shape index (κ2) is 5.91. The van der Waals surface area contributed by atoms with Gasteiger partial charge >= 0.3 is 0 Å². The van der Waals surface area contributed by atoms with Gasteiger partial charge in [0.1, 0.15) is 5.69 Å². The summed E-state index contributed by atoms with van der Waals surface area (Å²) in [4.78, 5) is 27.0. The van der Waals surface area contributed by atoms with Crippen molar-refractivity contribution in [1.82, 2.24) is 4.98 Å². The Morgan fingerprint density at radius 2 is 2.05 bits per heavy atom. The Bertz CT molecular complexity index is 591. The van der Waals surface area contributed by atoms with Crippen molar-refractivity contribution >= 4 is 17.9 Å². The first-order valence-corrected chi connectivity index (χ1v) is 6.05. The van der Waals surface area contributed by atoms with Crippen molar-refractivity contribution in [2.45, 2.75) is 13.3 Å². The molecule has 19 heavy (non-hydrogen) atoms. The van der Waals surface area contributed by atoms with E-state index in [1.165, 1.54) is 0 Å². The smallest absolute Gasteiger partial charge is 0.274 e. The normalized spacial score (nSPS) is 9.95. The summed E-state index contributed by atoms with van der Waals surface area (Å²) in [6.07, 6.45) is 3.27. The number of benzene rings is 1. The van der Waals surface area contributed by atoms with E-state index >= 15 is 0 Å². The number of carbonyl (C=O) groups excluding carboxylic acids is 2. The van der Waals surface area contributed by atoms with E-state index < -0.39 is 0 Å². The second-order valence-electron chi connectivity index (χ2n) is 4.06. The van der Waals surface area contributed by atoms with Crippen molar-refractivity contribution in [2.75, 3.05) is 5.32 Å². The zero-order chi connectivity index (χ0) is 13.7. The van der Waals surface area contributed by atoms with E-state index in [1.54, 1.807) is 36.5 Å². The molecule has 0 saturated heterocycles. The van der Waals surface area contributed by atoms with Crippen LogP contribution in [0.15, 0.2) is 42.6 Å². The predicted octanol–water partition coefficient (Wildman–Crippen LogP) is 2.71. The number of anilines is 1. The van der Waals surface area contributed by atoms with E-state index in [0.717, 1.165) is 12.0 Å².